The van der Waals surface area contributed by atoms with Gasteiger partial charge in [0.1, 0.15) is 0 Å². The maximum atomic E-state index is 3.68. The molecule has 1 atom stereocenters. The molecule has 0 saturated heterocycles. The molecule has 0 radical (unpaired) electrons. The summed E-state index contributed by atoms with van der Waals surface area (Å²) in [6.45, 7) is 7.59. The number of benzene rings is 2. The lowest BCUT2D eigenvalue weighted by Crippen LogP contribution is -2.24. The molecule has 2 heteroatoms. The standard InChI is InChI=1S/C18H22IN/c1-4-11-20-18(16-7-5-6-8-17(16)19)15-10-9-13(2)14(3)12-15/h5-10,12,18,20H,4,11H2,1-3H3. The summed E-state index contributed by atoms with van der Waals surface area (Å²) in [4.78, 5) is 0. The smallest absolute Gasteiger partial charge is 0.0587 e. The van der Waals surface area contributed by atoms with Crippen molar-refractivity contribution in [2.75, 3.05) is 6.54 Å². The first kappa shape index (κ1) is 15.5. The number of hydrogen-bond donors (Lipinski definition) is 1. The Balaban J connectivity index is 2.41. The van der Waals surface area contributed by atoms with Crippen LogP contribution in [-0.4, -0.2) is 6.54 Å². The predicted molar refractivity (Wildman–Crippen MR) is 95.2 cm³/mol. The molecule has 2 rings (SSSR count). The molecule has 0 spiro atoms. The van der Waals surface area contributed by atoms with Crippen molar-refractivity contribution in [3.8, 4) is 0 Å². The molecule has 1 nitrogen and oxygen atoms in total. The Labute approximate surface area is 135 Å². The molecular formula is C18H22IN. The second-order valence-electron chi connectivity index (χ2n) is 5.25. The van der Waals surface area contributed by atoms with Crippen LogP contribution in [0.3, 0.4) is 0 Å². The molecule has 0 fully saturated rings. The minimum atomic E-state index is 0.280. The van der Waals surface area contributed by atoms with E-state index in [1.165, 1.54) is 25.8 Å². The van der Waals surface area contributed by atoms with Crippen molar-refractivity contribution in [1.82, 2.24) is 5.32 Å². The first-order valence-electron chi connectivity index (χ1n) is 7.18. The zero-order chi connectivity index (χ0) is 14.5. The molecule has 2 aromatic rings. The normalized spacial score (nSPS) is 12.4. The molecule has 0 saturated carbocycles. The lowest BCUT2D eigenvalue weighted by molar-refractivity contribution is 0.596. The molecule has 0 bridgehead atoms. The van der Waals surface area contributed by atoms with Gasteiger partial charge in [0.15, 0.2) is 0 Å². The highest BCUT2D eigenvalue weighted by Crippen LogP contribution is 2.27. The average Bonchev–Trinajstić information content (AvgIpc) is 2.44. The van der Waals surface area contributed by atoms with Gasteiger partial charge in [-0.15, -0.1) is 0 Å². The van der Waals surface area contributed by atoms with E-state index in [4.69, 9.17) is 0 Å². The monoisotopic (exact) mass is 379 g/mol. The van der Waals surface area contributed by atoms with Crippen LogP contribution in [-0.2, 0) is 0 Å². The summed E-state index contributed by atoms with van der Waals surface area (Å²) in [5, 5.41) is 3.68. The molecule has 106 valence electrons. The van der Waals surface area contributed by atoms with E-state index in [1.54, 1.807) is 0 Å². The van der Waals surface area contributed by atoms with Gasteiger partial charge in [0.2, 0.25) is 0 Å². The zero-order valence-electron chi connectivity index (χ0n) is 12.4. The van der Waals surface area contributed by atoms with Crippen LogP contribution in [0.15, 0.2) is 42.5 Å². The number of nitrogens with one attached hydrogen (secondary N) is 1. The van der Waals surface area contributed by atoms with Gasteiger partial charge in [0.25, 0.3) is 0 Å². The summed E-state index contributed by atoms with van der Waals surface area (Å²) in [6, 6.07) is 15.7. The Morgan fingerprint density at radius 1 is 1.05 bits per heavy atom. The fourth-order valence-corrected chi connectivity index (χ4v) is 3.05. The van der Waals surface area contributed by atoms with Crippen LogP contribution >= 0.6 is 22.6 Å². The first-order chi connectivity index (χ1) is 9.63. The van der Waals surface area contributed by atoms with Crippen LogP contribution in [0.25, 0.3) is 0 Å². The van der Waals surface area contributed by atoms with Crippen LogP contribution in [0.4, 0.5) is 0 Å². The van der Waals surface area contributed by atoms with Gasteiger partial charge in [-0.3, -0.25) is 0 Å². The molecule has 0 amide bonds. The van der Waals surface area contributed by atoms with Crippen molar-refractivity contribution in [1.29, 1.82) is 0 Å². The van der Waals surface area contributed by atoms with E-state index < -0.39 is 0 Å². The minimum absolute atomic E-state index is 0.280. The first-order valence-corrected chi connectivity index (χ1v) is 8.26. The molecule has 0 aliphatic rings. The molecule has 20 heavy (non-hydrogen) atoms. The van der Waals surface area contributed by atoms with E-state index in [0.717, 1.165) is 13.0 Å². The van der Waals surface area contributed by atoms with Crippen molar-refractivity contribution >= 4 is 22.6 Å². The summed E-state index contributed by atoms with van der Waals surface area (Å²) in [5.74, 6) is 0. The molecule has 0 heterocycles. The number of hydrogen-bond acceptors (Lipinski definition) is 1. The van der Waals surface area contributed by atoms with Gasteiger partial charge in [-0.25, -0.2) is 0 Å². The van der Waals surface area contributed by atoms with Crippen molar-refractivity contribution in [2.24, 2.45) is 0 Å². The third-order valence-corrected chi connectivity index (χ3v) is 4.66. The zero-order valence-corrected chi connectivity index (χ0v) is 14.6. The Kier molecular flexibility index (Phi) is 5.61. The molecule has 0 aromatic heterocycles. The molecule has 0 aliphatic heterocycles. The van der Waals surface area contributed by atoms with E-state index in [0.29, 0.717) is 0 Å². The highest BCUT2D eigenvalue weighted by molar-refractivity contribution is 14.1. The van der Waals surface area contributed by atoms with E-state index in [2.05, 4.69) is 91.1 Å². The lowest BCUT2D eigenvalue weighted by Gasteiger charge is -2.22. The molecular weight excluding hydrogens is 357 g/mol. The van der Waals surface area contributed by atoms with Crippen LogP contribution in [0, 0.1) is 17.4 Å². The SMILES string of the molecule is CCCNC(c1ccc(C)c(C)c1)c1ccccc1I. The van der Waals surface area contributed by atoms with Crippen molar-refractivity contribution in [3.05, 3.63) is 68.3 Å². The van der Waals surface area contributed by atoms with Gasteiger partial charge < -0.3 is 5.32 Å². The number of aryl methyl sites for hydroxylation is 2. The van der Waals surface area contributed by atoms with Crippen molar-refractivity contribution in [3.63, 3.8) is 0 Å². The summed E-state index contributed by atoms with van der Waals surface area (Å²) in [5.41, 5.74) is 5.43. The van der Waals surface area contributed by atoms with E-state index >= 15 is 0 Å². The topological polar surface area (TPSA) is 12.0 Å². The van der Waals surface area contributed by atoms with Gasteiger partial charge in [0.05, 0.1) is 6.04 Å². The largest absolute Gasteiger partial charge is 0.306 e. The van der Waals surface area contributed by atoms with Crippen molar-refractivity contribution < 1.29 is 0 Å². The quantitative estimate of drug-likeness (QED) is 0.722. The third-order valence-electron chi connectivity index (χ3n) is 3.68. The summed E-state index contributed by atoms with van der Waals surface area (Å²) < 4.78 is 1.32. The average molecular weight is 379 g/mol. The van der Waals surface area contributed by atoms with Crippen LogP contribution in [0.2, 0.25) is 0 Å². The van der Waals surface area contributed by atoms with Gasteiger partial charge in [-0.05, 0) is 77.7 Å². The highest BCUT2D eigenvalue weighted by atomic mass is 127. The second kappa shape index (κ2) is 7.23. The Bertz CT molecular complexity index is 577. The van der Waals surface area contributed by atoms with Crippen LogP contribution < -0.4 is 5.32 Å². The van der Waals surface area contributed by atoms with E-state index in [-0.39, 0.29) is 6.04 Å². The highest BCUT2D eigenvalue weighted by Gasteiger charge is 2.16. The molecule has 2 aromatic carbocycles. The van der Waals surface area contributed by atoms with E-state index in [1.807, 2.05) is 0 Å². The lowest BCUT2D eigenvalue weighted by atomic mass is 9.95. The number of halogens is 1. The minimum Gasteiger partial charge on any atom is -0.306 e. The third kappa shape index (κ3) is 3.61. The Hall–Kier alpha value is -0.870. The Morgan fingerprint density at radius 2 is 1.80 bits per heavy atom. The number of rotatable bonds is 5. The fraction of sp³-hybridized carbons (Fsp3) is 0.333. The molecule has 1 N–H and O–H groups in total. The molecule has 1 unspecified atom stereocenters. The van der Waals surface area contributed by atoms with Gasteiger partial charge in [-0.1, -0.05) is 43.3 Å². The van der Waals surface area contributed by atoms with E-state index in [9.17, 15) is 0 Å². The fourth-order valence-electron chi connectivity index (χ4n) is 2.35. The predicted octanol–water partition coefficient (Wildman–Crippen LogP) is 5.00. The van der Waals surface area contributed by atoms with Gasteiger partial charge in [0, 0.05) is 3.57 Å². The summed E-state index contributed by atoms with van der Waals surface area (Å²) in [7, 11) is 0. The molecule has 0 aliphatic carbocycles. The van der Waals surface area contributed by atoms with Gasteiger partial charge >= 0.3 is 0 Å². The second-order valence-corrected chi connectivity index (χ2v) is 6.41. The van der Waals surface area contributed by atoms with Crippen LogP contribution in [0.1, 0.15) is 41.6 Å². The van der Waals surface area contributed by atoms with Crippen molar-refractivity contribution in [2.45, 2.75) is 33.2 Å². The van der Waals surface area contributed by atoms with Gasteiger partial charge in [-0.2, -0.15) is 0 Å². The maximum Gasteiger partial charge on any atom is 0.0587 e. The van der Waals surface area contributed by atoms with Crippen LogP contribution in [0.5, 0.6) is 0 Å². The summed E-state index contributed by atoms with van der Waals surface area (Å²) in [6.07, 6.45) is 1.14. The summed E-state index contributed by atoms with van der Waals surface area (Å²) >= 11 is 2.43. The maximum absolute atomic E-state index is 3.68. The Morgan fingerprint density at radius 3 is 2.45 bits per heavy atom.